The lowest BCUT2D eigenvalue weighted by Gasteiger charge is -2.06. The Morgan fingerprint density at radius 2 is 2.08 bits per heavy atom. The van der Waals surface area contributed by atoms with Gasteiger partial charge in [0.25, 0.3) is 0 Å². The van der Waals surface area contributed by atoms with Crippen molar-refractivity contribution in [1.29, 1.82) is 5.26 Å². The zero-order valence-electron chi connectivity index (χ0n) is 6.86. The van der Waals surface area contributed by atoms with Crippen LogP contribution in [0.4, 0.5) is 0 Å². The molecule has 0 spiro atoms. The lowest BCUT2D eigenvalue weighted by molar-refractivity contribution is -0.118. The lowest BCUT2D eigenvalue weighted by atomic mass is 10.5. The number of sulfonamides is 1. The average molecular weight is 190 g/mol. The van der Waals surface area contributed by atoms with Gasteiger partial charge in [0.2, 0.25) is 15.9 Å². The standard InChI is InChI=1S/C6H10N2O3S/c1-5(2)12(10,11)8-6(9)3-4-7/h5H,3H2,1-2H3,(H,8,9). The largest absolute Gasteiger partial charge is 0.273 e. The van der Waals surface area contributed by atoms with Gasteiger partial charge >= 0.3 is 0 Å². The van der Waals surface area contributed by atoms with Crippen LogP contribution in [-0.2, 0) is 14.8 Å². The summed E-state index contributed by atoms with van der Waals surface area (Å²) in [6.07, 6.45) is -0.439. The molecular formula is C6H10N2O3S. The van der Waals surface area contributed by atoms with E-state index in [-0.39, 0.29) is 0 Å². The molecule has 1 amide bonds. The number of nitriles is 1. The molecule has 0 unspecified atom stereocenters. The number of carbonyl (C=O) groups excluding carboxylic acids is 1. The number of hydrogen-bond acceptors (Lipinski definition) is 4. The number of hydrogen-bond donors (Lipinski definition) is 1. The molecule has 0 saturated heterocycles. The predicted octanol–water partition coefficient (Wildman–Crippen LogP) is -0.246. The van der Waals surface area contributed by atoms with Crippen LogP contribution in [0.25, 0.3) is 0 Å². The molecule has 0 rings (SSSR count). The SMILES string of the molecule is CC(C)S(=O)(=O)NC(=O)CC#N. The maximum atomic E-state index is 11.0. The third-order valence-electron chi connectivity index (χ3n) is 1.12. The fourth-order valence-electron chi connectivity index (χ4n) is 0.384. The van der Waals surface area contributed by atoms with Crippen molar-refractivity contribution in [1.82, 2.24) is 4.72 Å². The minimum Gasteiger partial charge on any atom is -0.273 e. The number of nitrogens with one attached hydrogen (secondary N) is 1. The van der Waals surface area contributed by atoms with Gasteiger partial charge < -0.3 is 0 Å². The number of carbonyl (C=O) groups is 1. The second-order valence-corrected chi connectivity index (χ2v) is 4.69. The minimum absolute atomic E-state index is 0.439. The normalized spacial score (nSPS) is 10.8. The van der Waals surface area contributed by atoms with Crippen LogP contribution >= 0.6 is 0 Å². The summed E-state index contributed by atoms with van der Waals surface area (Å²) in [6.45, 7) is 2.89. The fraction of sp³-hybridized carbons (Fsp3) is 0.667. The summed E-state index contributed by atoms with van der Waals surface area (Å²) < 4.78 is 23.7. The van der Waals surface area contributed by atoms with Crippen molar-refractivity contribution < 1.29 is 13.2 Å². The van der Waals surface area contributed by atoms with E-state index in [4.69, 9.17) is 5.26 Å². The molecule has 0 fully saturated rings. The molecule has 0 aliphatic rings. The predicted molar refractivity (Wildman–Crippen MR) is 42.4 cm³/mol. The molecule has 0 atom stereocenters. The summed E-state index contributed by atoms with van der Waals surface area (Å²) in [5.41, 5.74) is 0. The van der Waals surface area contributed by atoms with Gasteiger partial charge in [0.15, 0.2) is 0 Å². The third kappa shape index (κ3) is 3.34. The smallest absolute Gasteiger partial charge is 0.247 e. The van der Waals surface area contributed by atoms with Crippen LogP contribution in [0.1, 0.15) is 20.3 Å². The molecule has 5 nitrogen and oxygen atoms in total. The first kappa shape index (κ1) is 10.9. The van der Waals surface area contributed by atoms with E-state index in [1.54, 1.807) is 10.8 Å². The van der Waals surface area contributed by atoms with Crippen molar-refractivity contribution in [2.24, 2.45) is 0 Å². The highest BCUT2D eigenvalue weighted by Crippen LogP contribution is 1.95. The van der Waals surface area contributed by atoms with Gasteiger partial charge in [-0.05, 0) is 13.8 Å². The van der Waals surface area contributed by atoms with Crippen LogP contribution in [0.15, 0.2) is 0 Å². The van der Waals surface area contributed by atoms with E-state index in [1.807, 2.05) is 0 Å². The summed E-state index contributed by atoms with van der Waals surface area (Å²) in [4.78, 5) is 10.7. The van der Waals surface area contributed by atoms with E-state index in [1.165, 1.54) is 13.8 Å². The molecule has 0 bridgehead atoms. The highest BCUT2D eigenvalue weighted by atomic mass is 32.2. The molecular weight excluding hydrogens is 180 g/mol. The third-order valence-corrected chi connectivity index (χ3v) is 2.87. The van der Waals surface area contributed by atoms with Gasteiger partial charge in [0.1, 0.15) is 6.42 Å². The molecule has 6 heteroatoms. The Hall–Kier alpha value is -1.09. The van der Waals surface area contributed by atoms with Gasteiger partial charge in [0.05, 0.1) is 11.3 Å². The maximum absolute atomic E-state index is 11.0. The second kappa shape index (κ2) is 4.07. The first-order valence-corrected chi connectivity index (χ1v) is 4.86. The van der Waals surface area contributed by atoms with Crippen LogP contribution in [0, 0.1) is 11.3 Å². The number of nitrogens with zero attached hydrogens (tertiary/aromatic N) is 1. The van der Waals surface area contributed by atoms with Crippen LogP contribution in [0.3, 0.4) is 0 Å². The van der Waals surface area contributed by atoms with E-state index in [9.17, 15) is 13.2 Å². The van der Waals surface area contributed by atoms with Crippen LogP contribution in [-0.4, -0.2) is 19.6 Å². The molecule has 68 valence electrons. The highest BCUT2D eigenvalue weighted by Gasteiger charge is 2.17. The summed E-state index contributed by atoms with van der Waals surface area (Å²) in [7, 11) is -3.57. The van der Waals surface area contributed by atoms with Gasteiger partial charge in [-0.2, -0.15) is 5.26 Å². The minimum atomic E-state index is -3.57. The van der Waals surface area contributed by atoms with E-state index in [2.05, 4.69) is 0 Å². The van der Waals surface area contributed by atoms with Crippen LogP contribution < -0.4 is 4.72 Å². The Balaban J connectivity index is 4.29. The number of rotatable bonds is 3. The molecule has 0 radical (unpaired) electrons. The molecule has 0 aliphatic heterocycles. The molecule has 0 aromatic rings. The van der Waals surface area contributed by atoms with Gasteiger partial charge in [0, 0.05) is 0 Å². The fourth-order valence-corrected chi connectivity index (χ4v) is 1.01. The number of amides is 1. The van der Waals surface area contributed by atoms with Gasteiger partial charge in [-0.15, -0.1) is 0 Å². The van der Waals surface area contributed by atoms with Crippen molar-refractivity contribution >= 4 is 15.9 Å². The Kier molecular flexibility index (Phi) is 3.70. The Morgan fingerprint density at radius 1 is 1.58 bits per heavy atom. The van der Waals surface area contributed by atoms with Crippen molar-refractivity contribution in [3.05, 3.63) is 0 Å². The van der Waals surface area contributed by atoms with E-state index in [0.717, 1.165) is 0 Å². The zero-order chi connectivity index (χ0) is 9.78. The van der Waals surface area contributed by atoms with Crippen LogP contribution in [0.2, 0.25) is 0 Å². The molecule has 0 saturated carbocycles. The molecule has 1 N–H and O–H groups in total. The molecule has 0 aromatic heterocycles. The van der Waals surface area contributed by atoms with Gasteiger partial charge in [-0.1, -0.05) is 0 Å². The average Bonchev–Trinajstić information content (AvgIpc) is 1.85. The first-order chi connectivity index (χ1) is 5.40. The van der Waals surface area contributed by atoms with Crippen molar-refractivity contribution in [3.8, 4) is 6.07 Å². The second-order valence-electron chi connectivity index (χ2n) is 2.45. The summed E-state index contributed by atoms with van der Waals surface area (Å²) >= 11 is 0. The van der Waals surface area contributed by atoms with E-state index in [0.29, 0.717) is 0 Å². The topological polar surface area (TPSA) is 87.0 Å². The monoisotopic (exact) mass is 190 g/mol. The highest BCUT2D eigenvalue weighted by molar-refractivity contribution is 7.90. The molecule has 12 heavy (non-hydrogen) atoms. The van der Waals surface area contributed by atoms with Gasteiger partial charge in [-0.25, -0.2) is 8.42 Å². The van der Waals surface area contributed by atoms with E-state index < -0.39 is 27.6 Å². The maximum Gasteiger partial charge on any atom is 0.247 e. The molecule has 0 aliphatic carbocycles. The van der Waals surface area contributed by atoms with E-state index >= 15 is 0 Å². The van der Waals surface area contributed by atoms with Crippen molar-refractivity contribution in [3.63, 3.8) is 0 Å². The quantitative estimate of drug-likeness (QED) is 0.665. The first-order valence-electron chi connectivity index (χ1n) is 3.31. The zero-order valence-corrected chi connectivity index (χ0v) is 7.68. The van der Waals surface area contributed by atoms with Crippen LogP contribution in [0.5, 0.6) is 0 Å². The summed E-state index contributed by atoms with van der Waals surface area (Å²) in [5, 5.41) is 7.40. The lowest BCUT2D eigenvalue weighted by Crippen LogP contribution is -2.35. The van der Waals surface area contributed by atoms with Crippen molar-refractivity contribution in [2.75, 3.05) is 0 Å². The van der Waals surface area contributed by atoms with Crippen molar-refractivity contribution in [2.45, 2.75) is 25.5 Å². The Morgan fingerprint density at radius 3 is 2.42 bits per heavy atom. The molecule has 0 aromatic carbocycles. The summed E-state index contributed by atoms with van der Waals surface area (Å²) in [5.74, 6) is -0.786. The molecule has 0 heterocycles. The van der Waals surface area contributed by atoms with Gasteiger partial charge in [-0.3, -0.25) is 9.52 Å². The summed E-state index contributed by atoms with van der Waals surface area (Å²) in [6, 6.07) is 1.55. The Bertz CT molecular complexity index is 299. The Labute approximate surface area is 71.4 Å².